The number of hydrogen-bond acceptors (Lipinski definition) is 8. The van der Waals surface area contributed by atoms with Crippen LogP contribution in [0, 0.1) is 11.3 Å². The molecule has 0 fully saturated rings. The molecule has 0 atom stereocenters. The highest BCUT2D eigenvalue weighted by Crippen LogP contribution is 2.36. The summed E-state index contributed by atoms with van der Waals surface area (Å²) in [6.07, 6.45) is 0. The van der Waals surface area contributed by atoms with Gasteiger partial charge >= 0.3 is 0 Å². The molecular weight excluding hydrogens is 483 g/mol. The van der Waals surface area contributed by atoms with Crippen molar-refractivity contribution in [2.24, 2.45) is 0 Å². The van der Waals surface area contributed by atoms with Crippen LogP contribution in [0.25, 0.3) is 38.7 Å². The zero-order valence-corrected chi connectivity index (χ0v) is 20.2. The van der Waals surface area contributed by atoms with Crippen molar-refractivity contribution < 1.29 is 9.52 Å². The van der Waals surface area contributed by atoms with Crippen molar-refractivity contribution in [3.8, 4) is 39.2 Å². The molecule has 166 valence electrons. The predicted octanol–water partition coefficient (Wildman–Crippen LogP) is 7.78. The summed E-state index contributed by atoms with van der Waals surface area (Å²) in [5.74, 6) is 0.749. The number of benzene rings is 2. The minimum atomic E-state index is -0.0553. The molecule has 0 radical (unpaired) electrons. The Bertz CT molecular complexity index is 1410. The maximum Gasteiger partial charge on any atom is 0.257 e. The van der Waals surface area contributed by atoms with Gasteiger partial charge in [0.2, 0.25) is 0 Å². The highest BCUT2D eigenvalue weighted by molar-refractivity contribution is 7.99. The Morgan fingerprint density at radius 1 is 0.941 bits per heavy atom. The molecule has 5 nitrogen and oxygen atoms in total. The SMILES string of the molecule is N#C/C(=C(/O)CSc1nc(-c2ccccc2)c(-c2ccccc2)o1)c1nc(-c2cccs2)cs1. The van der Waals surface area contributed by atoms with Gasteiger partial charge in [0.05, 0.1) is 16.3 Å². The van der Waals surface area contributed by atoms with Crippen LogP contribution >= 0.6 is 34.4 Å². The lowest BCUT2D eigenvalue weighted by Crippen LogP contribution is -1.93. The van der Waals surface area contributed by atoms with Crippen molar-refractivity contribution in [1.29, 1.82) is 5.26 Å². The number of aliphatic hydroxyl groups is 1. The fourth-order valence-electron chi connectivity index (χ4n) is 3.30. The maximum atomic E-state index is 10.7. The molecule has 34 heavy (non-hydrogen) atoms. The van der Waals surface area contributed by atoms with Gasteiger partial charge in [0.25, 0.3) is 5.22 Å². The van der Waals surface area contributed by atoms with E-state index in [1.165, 1.54) is 23.1 Å². The van der Waals surface area contributed by atoms with Crippen LogP contribution in [0.4, 0.5) is 0 Å². The van der Waals surface area contributed by atoms with Gasteiger partial charge in [-0.3, -0.25) is 0 Å². The Balaban J connectivity index is 1.42. The van der Waals surface area contributed by atoms with E-state index in [0.717, 1.165) is 27.4 Å². The molecule has 0 unspecified atom stereocenters. The molecule has 0 aliphatic heterocycles. The Kier molecular flexibility index (Phi) is 6.58. The standard InChI is InChI=1S/C26H17N3O2S3/c27-14-19(25-28-20(15-33-25)22-12-7-13-32-22)21(30)16-34-26-29-23(17-8-3-1-4-9-17)24(31-26)18-10-5-2-6-11-18/h1-13,15,30H,16H2/b21-19-. The van der Waals surface area contributed by atoms with Crippen LogP contribution in [-0.2, 0) is 0 Å². The fourth-order valence-corrected chi connectivity index (χ4v) is 5.60. The first-order chi connectivity index (χ1) is 16.7. The third-order valence-electron chi connectivity index (χ3n) is 4.92. The van der Waals surface area contributed by atoms with Gasteiger partial charge in [-0.15, -0.1) is 22.7 Å². The minimum Gasteiger partial charge on any atom is -0.510 e. The molecule has 3 aromatic heterocycles. The first kappa shape index (κ1) is 22.2. The van der Waals surface area contributed by atoms with Crippen LogP contribution in [0.1, 0.15) is 5.01 Å². The number of aromatic nitrogens is 2. The van der Waals surface area contributed by atoms with Gasteiger partial charge < -0.3 is 9.52 Å². The molecule has 5 aromatic rings. The van der Waals surface area contributed by atoms with Gasteiger partial charge in [-0.25, -0.2) is 9.97 Å². The summed E-state index contributed by atoms with van der Waals surface area (Å²) in [5, 5.41) is 25.2. The molecule has 8 heteroatoms. The highest BCUT2D eigenvalue weighted by Gasteiger charge is 2.19. The first-order valence-corrected chi connectivity index (χ1v) is 13.0. The second-order valence-electron chi connectivity index (χ2n) is 7.13. The number of hydrogen-bond donors (Lipinski definition) is 1. The normalized spacial score (nSPS) is 11.7. The summed E-state index contributed by atoms with van der Waals surface area (Å²) >= 11 is 4.16. The number of aliphatic hydroxyl groups excluding tert-OH is 1. The van der Waals surface area contributed by atoms with Gasteiger partial charge in [-0.1, -0.05) is 78.5 Å². The van der Waals surface area contributed by atoms with Gasteiger partial charge in [0, 0.05) is 16.5 Å². The average Bonchev–Trinajstić information content (AvgIpc) is 3.65. The van der Waals surface area contributed by atoms with E-state index in [0.29, 0.717) is 16.0 Å². The number of nitrogens with zero attached hydrogens (tertiary/aromatic N) is 3. The van der Waals surface area contributed by atoms with Crippen LogP contribution in [0.2, 0.25) is 0 Å². The molecule has 2 aromatic carbocycles. The van der Waals surface area contributed by atoms with E-state index in [1.807, 2.05) is 83.6 Å². The quantitative estimate of drug-likeness (QED) is 0.140. The lowest BCUT2D eigenvalue weighted by atomic mass is 10.1. The lowest BCUT2D eigenvalue weighted by Gasteiger charge is -2.01. The Labute approximate surface area is 208 Å². The summed E-state index contributed by atoms with van der Waals surface area (Å²) in [5.41, 5.74) is 3.56. The van der Waals surface area contributed by atoms with Crippen LogP contribution in [-0.4, -0.2) is 20.8 Å². The Morgan fingerprint density at radius 2 is 1.68 bits per heavy atom. The molecule has 0 aliphatic rings. The van der Waals surface area contributed by atoms with E-state index in [9.17, 15) is 10.4 Å². The third kappa shape index (κ3) is 4.68. The van der Waals surface area contributed by atoms with Crippen molar-refractivity contribution in [3.05, 3.63) is 94.3 Å². The third-order valence-corrected chi connectivity index (χ3v) is 7.51. The van der Waals surface area contributed by atoms with Crippen molar-refractivity contribution in [2.45, 2.75) is 5.22 Å². The topological polar surface area (TPSA) is 82.9 Å². The molecule has 0 saturated heterocycles. The Morgan fingerprint density at radius 3 is 2.35 bits per heavy atom. The van der Waals surface area contributed by atoms with E-state index in [2.05, 4.69) is 11.1 Å². The van der Waals surface area contributed by atoms with Crippen LogP contribution in [0.15, 0.2) is 99.0 Å². The van der Waals surface area contributed by atoms with E-state index < -0.39 is 0 Å². The van der Waals surface area contributed by atoms with Gasteiger partial charge in [-0.2, -0.15) is 5.26 Å². The number of allylic oxidation sites excluding steroid dienone is 1. The van der Waals surface area contributed by atoms with Gasteiger partial charge in [-0.05, 0) is 11.4 Å². The molecule has 0 amide bonds. The molecule has 1 N–H and O–H groups in total. The minimum absolute atomic E-state index is 0.0553. The van der Waals surface area contributed by atoms with E-state index in [-0.39, 0.29) is 17.1 Å². The van der Waals surface area contributed by atoms with Crippen molar-refractivity contribution in [1.82, 2.24) is 9.97 Å². The molecule has 0 saturated carbocycles. The van der Waals surface area contributed by atoms with E-state index in [4.69, 9.17) is 9.40 Å². The predicted molar refractivity (Wildman–Crippen MR) is 139 cm³/mol. The summed E-state index contributed by atoms with van der Waals surface area (Å²) in [7, 11) is 0. The molecule has 5 rings (SSSR count). The van der Waals surface area contributed by atoms with Gasteiger partial charge in [0.15, 0.2) is 5.76 Å². The number of thiophene rings is 1. The monoisotopic (exact) mass is 499 g/mol. The molecule has 0 aliphatic carbocycles. The maximum absolute atomic E-state index is 10.7. The van der Waals surface area contributed by atoms with E-state index >= 15 is 0 Å². The number of thiazole rings is 1. The van der Waals surface area contributed by atoms with Crippen LogP contribution in [0.5, 0.6) is 0 Å². The largest absolute Gasteiger partial charge is 0.510 e. The van der Waals surface area contributed by atoms with E-state index in [1.54, 1.807) is 11.3 Å². The van der Waals surface area contributed by atoms with Gasteiger partial charge in [0.1, 0.15) is 28.1 Å². The van der Waals surface area contributed by atoms with Crippen LogP contribution < -0.4 is 0 Å². The van der Waals surface area contributed by atoms with Crippen LogP contribution in [0.3, 0.4) is 0 Å². The highest BCUT2D eigenvalue weighted by atomic mass is 32.2. The lowest BCUT2D eigenvalue weighted by molar-refractivity contribution is 0.419. The summed E-state index contributed by atoms with van der Waals surface area (Å²) in [6, 6.07) is 25.7. The average molecular weight is 500 g/mol. The van der Waals surface area contributed by atoms with Crippen molar-refractivity contribution in [3.63, 3.8) is 0 Å². The zero-order chi connectivity index (χ0) is 23.3. The Hall–Kier alpha value is -3.64. The molecule has 0 spiro atoms. The molecule has 0 bridgehead atoms. The second-order valence-corrected chi connectivity index (χ2v) is 9.86. The fraction of sp³-hybridized carbons (Fsp3) is 0.0385. The number of oxazole rings is 1. The smallest absolute Gasteiger partial charge is 0.257 e. The summed E-state index contributed by atoms with van der Waals surface area (Å²) in [4.78, 5) is 10.3. The zero-order valence-electron chi connectivity index (χ0n) is 17.7. The first-order valence-electron chi connectivity index (χ1n) is 10.3. The number of rotatable bonds is 7. The van der Waals surface area contributed by atoms with Crippen molar-refractivity contribution in [2.75, 3.05) is 5.75 Å². The summed E-state index contributed by atoms with van der Waals surface area (Å²) < 4.78 is 6.10. The summed E-state index contributed by atoms with van der Waals surface area (Å²) in [6.45, 7) is 0. The number of nitriles is 1. The number of thioether (sulfide) groups is 1. The molecule has 3 heterocycles. The van der Waals surface area contributed by atoms with Crippen molar-refractivity contribution >= 4 is 40.0 Å². The molecular formula is C26H17N3O2S3. The second kappa shape index (κ2) is 10.1.